The quantitative estimate of drug-likeness (QED) is 0.857. The highest BCUT2D eigenvalue weighted by molar-refractivity contribution is 8.23. The molecule has 0 spiro atoms. The van der Waals surface area contributed by atoms with Gasteiger partial charge in [0.1, 0.15) is 15.9 Å². The minimum atomic E-state index is 0.273. The number of nitrogens with one attached hydrogen (secondary N) is 1. The number of hydrogen-bond acceptors (Lipinski definition) is 4. The number of hydrogen-bond donors (Lipinski definition) is 1. The molecule has 96 valence electrons. The molecule has 1 aromatic heterocycles. The summed E-state index contributed by atoms with van der Waals surface area (Å²) in [7, 11) is 0. The van der Waals surface area contributed by atoms with E-state index in [1.165, 1.54) is 24.6 Å². The second kappa shape index (κ2) is 6.85. The number of carbonyl (C=O) groups excluding carboxylic acids is 1. The second-order valence-electron chi connectivity index (χ2n) is 4.36. The predicted molar refractivity (Wildman–Crippen MR) is 79.9 cm³/mol. The van der Waals surface area contributed by atoms with Crippen molar-refractivity contribution in [1.82, 2.24) is 4.98 Å². The van der Waals surface area contributed by atoms with Crippen LogP contribution >= 0.6 is 24.0 Å². The Hall–Kier alpha value is -0.940. The lowest BCUT2D eigenvalue weighted by Crippen LogP contribution is -2.16. The van der Waals surface area contributed by atoms with Gasteiger partial charge in [-0.15, -0.1) is 0 Å². The van der Waals surface area contributed by atoms with E-state index in [0.717, 1.165) is 18.7 Å². The first kappa shape index (κ1) is 13.5. The number of rotatable bonds is 4. The number of thiocarbonyl (C=S) groups is 1. The first-order chi connectivity index (χ1) is 8.75. The van der Waals surface area contributed by atoms with Crippen LogP contribution < -0.4 is 5.32 Å². The molecule has 1 fully saturated rings. The van der Waals surface area contributed by atoms with Gasteiger partial charge in [0, 0.05) is 12.1 Å². The zero-order chi connectivity index (χ0) is 12.8. The topological polar surface area (TPSA) is 42.0 Å². The molecule has 1 aromatic rings. The van der Waals surface area contributed by atoms with Gasteiger partial charge in [0.25, 0.3) is 0 Å². The van der Waals surface area contributed by atoms with E-state index in [1.54, 1.807) is 6.20 Å². The Labute approximate surface area is 117 Å². The van der Waals surface area contributed by atoms with E-state index in [-0.39, 0.29) is 5.92 Å². The zero-order valence-electron chi connectivity index (χ0n) is 10.1. The molecule has 3 nitrogen and oxygen atoms in total. The maximum atomic E-state index is 11.9. The molecule has 0 radical (unpaired) electrons. The summed E-state index contributed by atoms with van der Waals surface area (Å²) in [6.07, 6.45) is 6.20. The third-order valence-electron chi connectivity index (χ3n) is 3.05. The monoisotopic (exact) mass is 280 g/mol. The third-order valence-corrected chi connectivity index (χ3v) is 4.30. The molecule has 2 rings (SSSR count). The predicted octanol–water partition coefficient (Wildman–Crippen LogP) is 3.27. The summed E-state index contributed by atoms with van der Waals surface area (Å²) < 4.78 is 0.611. The SMILES string of the molecule is O=C(CSC(=S)Nc1ccccn1)C1CCCC1. The van der Waals surface area contributed by atoms with Crippen molar-refractivity contribution in [3.63, 3.8) is 0 Å². The van der Waals surface area contributed by atoms with Gasteiger partial charge in [-0.2, -0.15) is 0 Å². The fourth-order valence-corrected chi connectivity index (χ4v) is 3.05. The van der Waals surface area contributed by atoms with Gasteiger partial charge >= 0.3 is 0 Å². The van der Waals surface area contributed by atoms with Crippen molar-refractivity contribution in [1.29, 1.82) is 0 Å². The van der Waals surface area contributed by atoms with Gasteiger partial charge in [-0.25, -0.2) is 4.98 Å². The average Bonchev–Trinajstić information content (AvgIpc) is 2.91. The van der Waals surface area contributed by atoms with Gasteiger partial charge in [-0.05, 0) is 25.0 Å². The average molecular weight is 280 g/mol. The molecule has 1 heterocycles. The van der Waals surface area contributed by atoms with Crippen LogP contribution in [0.15, 0.2) is 24.4 Å². The highest BCUT2D eigenvalue weighted by Crippen LogP contribution is 2.26. The zero-order valence-corrected chi connectivity index (χ0v) is 11.7. The Morgan fingerprint density at radius 1 is 1.44 bits per heavy atom. The molecular formula is C13H16N2OS2. The van der Waals surface area contributed by atoms with Crippen LogP contribution in [0.25, 0.3) is 0 Å². The fourth-order valence-electron chi connectivity index (χ4n) is 2.08. The number of thioether (sulfide) groups is 1. The largest absolute Gasteiger partial charge is 0.326 e. The third kappa shape index (κ3) is 4.07. The van der Waals surface area contributed by atoms with E-state index in [0.29, 0.717) is 15.9 Å². The first-order valence-corrected chi connectivity index (χ1v) is 7.52. The lowest BCUT2D eigenvalue weighted by molar-refractivity contribution is -0.120. The number of anilines is 1. The van der Waals surface area contributed by atoms with Crippen LogP contribution in [0.3, 0.4) is 0 Å². The Morgan fingerprint density at radius 3 is 2.89 bits per heavy atom. The summed E-state index contributed by atoms with van der Waals surface area (Å²) in [5.74, 6) is 1.81. The number of carbonyl (C=O) groups is 1. The maximum Gasteiger partial charge on any atom is 0.146 e. The van der Waals surface area contributed by atoms with Gasteiger partial charge in [-0.3, -0.25) is 4.79 Å². The molecule has 0 saturated heterocycles. The highest BCUT2D eigenvalue weighted by Gasteiger charge is 2.22. The van der Waals surface area contributed by atoms with Crippen molar-refractivity contribution < 1.29 is 4.79 Å². The molecular weight excluding hydrogens is 264 g/mol. The molecule has 0 unspecified atom stereocenters. The molecule has 0 bridgehead atoms. The van der Waals surface area contributed by atoms with Crippen LogP contribution in [0.5, 0.6) is 0 Å². The van der Waals surface area contributed by atoms with E-state index in [9.17, 15) is 4.79 Å². The van der Waals surface area contributed by atoms with E-state index < -0.39 is 0 Å². The van der Waals surface area contributed by atoms with Crippen LogP contribution in [0.1, 0.15) is 25.7 Å². The molecule has 18 heavy (non-hydrogen) atoms. The van der Waals surface area contributed by atoms with Gasteiger partial charge in [-0.1, -0.05) is 42.9 Å². The van der Waals surface area contributed by atoms with Crippen LogP contribution in [0, 0.1) is 5.92 Å². The summed E-state index contributed by atoms with van der Waals surface area (Å²) in [5, 5.41) is 3.02. The van der Waals surface area contributed by atoms with Gasteiger partial charge in [0.05, 0.1) is 5.75 Å². The van der Waals surface area contributed by atoms with Crippen molar-refractivity contribution in [3.05, 3.63) is 24.4 Å². The molecule has 1 aliphatic rings. The van der Waals surface area contributed by atoms with Crippen molar-refractivity contribution in [3.8, 4) is 0 Å². The molecule has 1 aliphatic carbocycles. The molecule has 1 saturated carbocycles. The van der Waals surface area contributed by atoms with Crippen LogP contribution in [-0.4, -0.2) is 20.8 Å². The molecule has 0 aromatic carbocycles. The minimum Gasteiger partial charge on any atom is -0.326 e. The summed E-state index contributed by atoms with van der Waals surface area (Å²) in [4.78, 5) is 16.0. The maximum absolute atomic E-state index is 11.9. The van der Waals surface area contributed by atoms with Gasteiger partial charge < -0.3 is 5.32 Å². The molecule has 0 atom stereocenters. The number of nitrogens with zero attached hydrogens (tertiary/aromatic N) is 1. The van der Waals surface area contributed by atoms with Gasteiger partial charge in [0.2, 0.25) is 0 Å². The van der Waals surface area contributed by atoms with Crippen LogP contribution in [-0.2, 0) is 4.79 Å². The molecule has 0 amide bonds. The van der Waals surface area contributed by atoms with Gasteiger partial charge in [0.15, 0.2) is 0 Å². The summed E-state index contributed by atoms with van der Waals surface area (Å²) in [6, 6.07) is 5.60. The number of ketones is 1. The Kier molecular flexibility index (Phi) is 5.13. The summed E-state index contributed by atoms with van der Waals surface area (Å²) in [6.45, 7) is 0. The minimum absolute atomic E-state index is 0.273. The summed E-state index contributed by atoms with van der Waals surface area (Å²) >= 11 is 6.59. The van der Waals surface area contributed by atoms with E-state index >= 15 is 0 Å². The number of Topliss-reactive ketones (excluding diaryl/α,β-unsaturated/α-hetero) is 1. The first-order valence-electron chi connectivity index (χ1n) is 6.13. The fraction of sp³-hybridized carbons (Fsp3) is 0.462. The Morgan fingerprint density at radius 2 is 2.22 bits per heavy atom. The smallest absolute Gasteiger partial charge is 0.146 e. The highest BCUT2D eigenvalue weighted by atomic mass is 32.2. The lowest BCUT2D eigenvalue weighted by atomic mass is 10.0. The second-order valence-corrected chi connectivity index (χ2v) is 6.02. The van der Waals surface area contributed by atoms with E-state index in [4.69, 9.17) is 12.2 Å². The van der Waals surface area contributed by atoms with Crippen molar-refractivity contribution in [2.24, 2.45) is 5.92 Å². The van der Waals surface area contributed by atoms with E-state index in [2.05, 4.69) is 10.3 Å². The standard InChI is InChI=1S/C13H16N2OS2/c16-11(10-5-1-2-6-10)9-18-13(17)15-12-7-3-4-8-14-12/h3-4,7-8,10H,1-2,5-6,9H2,(H,14,15,17). The lowest BCUT2D eigenvalue weighted by Gasteiger charge is -2.09. The van der Waals surface area contributed by atoms with Crippen molar-refractivity contribution in [2.75, 3.05) is 11.1 Å². The van der Waals surface area contributed by atoms with Crippen LogP contribution in [0.4, 0.5) is 5.82 Å². The number of pyridine rings is 1. The number of aromatic nitrogens is 1. The Balaban J connectivity index is 1.73. The normalized spacial score (nSPS) is 15.6. The molecule has 0 aliphatic heterocycles. The van der Waals surface area contributed by atoms with E-state index in [1.807, 2.05) is 18.2 Å². The molecule has 1 N–H and O–H groups in total. The molecule has 5 heteroatoms. The van der Waals surface area contributed by atoms with Crippen LogP contribution in [0.2, 0.25) is 0 Å². The van der Waals surface area contributed by atoms with Crippen molar-refractivity contribution >= 4 is 39.9 Å². The van der Waals surface area contributed by atoms with Crippen molar-refractivity contribution in [2.45, 2.75) is 25.7 Å². The Bertz CT molecular complexity index is 416. The summed E-state index contributed by atoms with van der Waals surface area (Å²) in [5.41, 5.74) is 0.